The third kappa shape index (κ3) is 5.91. The molecule has 2 aromatic rings. The van der Waals surface area contributed by atoms with Crippen LogP contribution in [-0.2, 0) is 22.6 Å². The lowest BCUT2D eigenvalue weighted by atomic mass is 10.0. The van der Waals surface area contributed by atoms with Crippen molar-refractivity contribution in [3.63, 3.8) is 0 Å². The van der Waals surface area contributed by atoms with Gasteiger partial charge in [-0.05, 0) is 30.9 Å². The van der Waals surface area contributed by atoms with E-state index in [1.165, 1.54) is 6.07 Å². The maximum Gasteiger partial charge on any atom is 0.243 e. The molecule has 1 aliphatic carbocycles. The Hall–Kier alpha value is -2.69. The van der Waals surface area contributed by atoms with Crippen LogP contribution < -0.4 is 5.32 Å². The molecule has 2 aromatic carbocycles. The van der Waals surface area contributed by atoms with Crippen molar-refractivity contribution >= 4 is 11.8 Å². The molecule has 0 spiro atoms. The fourth-order valence-corrected chi connectivity index (χ4v) is 4.09. The molecule has 0 aliphatic heterocycles. The normalized spacial score (nSPS) is 15.0. The maximum absolute atomic E-state index is 14.4. The van der Waals surface area contributed by atoms with Gasteiger partial charge in [0.15, 0.2) is 0 Å². The number of benzene rings is 2. The van der Waals surface area contributed by atoms with Gasteiger partial charge in [-0.15, -0.1) is 0 Å². The summed E-state index contributed by atoms with van der Waals surface area (Å²) >= 11 is 0. The lowest BCUT2D eigenvalue weighted by Gasteiger charge is -2.32. The molecule has 30 heavy (non-hydrogen) atoms. The molecule has 0 heterocycles. The van der Waals surface area contributed by atoms with Crippen LogP contribution in [0.2, 0.25) is 0 Å². The van der Waals surface area contributed by atoms with Crippen molar-refractivity contribution < 1.29 is 14.0 Å². The van der Waals surface area contributed by atoms with Crippen molar-refractivity contribution in [2.24, 2.45) is 0 Å². The summed E-state index contributed by atoms with van der Waals surface area (Å²) in [6, 6.07) is 15.6. The minimum atomic E-state index is -0.674. The van der Waals surface area contributed by atoms with Crippen molar-refractivity contribution in [1.82, 2.24) is 10.2 Å². The molecule has 0 saturated heterocycles. The number of hydrogen-bond acceptors (Lipinski definition) is 2. The summed E-state index contributed by atoms with van der Waals surface area (Å²) in [5, 5.41) is 3.15. The van der Waals surface area contributed by atoms with Crippen molar-refractivity contribution in [2.75, 3.05) is 0 Å². The number of nitrogens with one attached hydrogen (secondary N) is 1. The number of carbonyl (C=O) groups excluding carboxylic acids is 2. The van der Waals surface area contributed by atoms with E-state index in [1.54, 1.807) is 23.1 Å². The zero-order chi connectivity index (χ0) is 21.3. The highest BCUT2D eigenvalue weighted by Crippen LogP contribution is 2.21. The fourth-order valence-electron chi connectivity index (χ4n) is 4.09. The summed E-state index contributed by atoms with van der Waals surface area (Å²) in [6.07, 6.45) is 5.58. The van der Waals surface area contributed by atoms with Gasteiger partial charge in [0.25, 0.3) is 0 Å². The summed E-state index contributed by atoms with van der Waals surface area (Å²) in [6.45, 7) is 2.02. The van der Waals surface area contributed by atoms with E-state index in [1.807, 2.05) is 37.3 Å². The Morgan fingerprint density at radius 3 is 2.40 bits per heavy atom. The van der Waals surface area contributed by atoms with Gasteiger partial charge in [-0.25, -0.2) is 4.39 Å². The fraction of sp³-hybridized carbons (Fsp3) is 0.440. The lowest BCUT2D eigenvalue weighted by Crippen LogP contribution is -2.52. The van der Waals surface area contributed by atoms with E-state index in [0.29, 0.717) is 24.8 Å². The second kappa shape index (κ2) is 10.9. The molecule has 1 saturated carbocycles. The molecule has 4 nitrogen and oxygen atoms in total. The van der Waals surface area contributed by atoms with Gasteiger partial charge in [-0.3, -0.25) is 9.59 Å². The number of amides is 2. The topological polar surface area (TPSA) is 49.4 Å². The van der Waals surface area contributed by atoms with E-state index in [9.17, 15) is 14.0 Å². The van der Waals surface area contributed by atoms with Crippen LogP contribution in [0.15, 0.2) is 54.6 Å². The van der Waals surface area contributed by atoms with E-state index >= 15 is 0 Å². The summed E-state index contributed by atoms with van der Waals surface area (Å²) in [7, 11) is 0. The van der Waals surface area contributed by atoms with Crippen LogP contribution in [0.3, 0.4) is 0 Å². The minimum Gasteiger partial charge on any atom is -0.352 e. The van der Waals surface area contributed by atoms with Crippen LogP contribution in [0.1, 0.15) is 56.6 Å². The Kier molecular flexibility index (Phi) is 8.00. The van der Waals surface area contributed by atoms with Gasteiger partial charge in [0.05, 0.1) is 0 Å². The molecular formula is C25H31FN2O2. The molecule has 5 heteroatoms. The number of rotatable bonds is 9. The molecule has 160 valence electrons. The predicted molar refractivity (Wildman–Crippen MR) is 116 cm³/mol. The molecule has 1 fully saturated rings. The Balaban J connectivity index is 1.90. The molecule has 3 rings (SSSR count). The van der Waals surface area contributed by atoms with Gasteiger partial charge in [-0.2, -0.15) is 0 Å². The highest BCUT2D eigenvalue weighted by Gasteiger charge is 2.32. The van der Waals surface area contributed by atoms with Crippen LogP contribution >= 0.6 is 0 Å². The maximum atomic E-state index is 14.4. The zero-order valence-electron chi connectivity index (χ0n) is 17.6. The van der Waals surface area contributed by atoms with Gasteiger partial charge >= 0.3 is 0 Å². The third-order valence-corrected chi connectivity index (χ3v) is 5.74. The van der Waals surface area contributed by atoms with Crippen LogP contribution in [0.4, 0.5) is 4.39 Å². The van der Waals surface area contributed by atoms with E-state index in [2.05, 4.69) is 5.32 Å². The van der Waals surface area contributed by atoms with Gasteiger partial charge in [-0.1, -0.05) is 68.3 Å². The molecule has 2 amide bonds. The molecule has 0 aromatic heterocycles. The summed E-state index contributed by atoms with van der Waals surface area (Å²) in [5.74, 6) is -0.628. The van der Waals surface area contributed by atoms with E-state index in [-0.39, 0.29) is 30.2 Å². The number of hydrogen-bond donors (Lipinski definition) is 1. The largest absolute Gasteiger partial charge is 0.352 e. The first-order chi connectivity index (χ1) is 14.6. The lowest BCUT2D eigenvalue weighted by molar-refractivity contribution is -0.141. The molecule has 1 N–H and O–H groups in total. The third-order valence-electron chi connectivity index (χ3n) is 5.74. The van der Waals surface area contributed by atoms with Gasteiger partial charge in [0.2, 0.25) is 11.8 Å². The summed E-state index contributed by atoms with van der Waals surface area (Å²) in [5.41, 5.74) is 1.40. The Morgan fingerprint density at radius 2 is 1.73 bits per heavy atom. The van der Waals surface area contributed by atoms with Crippen LogP contribution in [0.5, 0.6) is 0 Å². The summed E-state index contributed by atoms with van der Waals surface area (Å²) < 4.78 is 14.4. The molecule has 0 unspecified atom stereocenters. The number of halogens is 1. The average Bonchev–Trinajstić information content (AvgIpc) is 3.25. The van der Waals surface area contributed by atoms with Gasteiger partial charge in [0.1, 0.15) is 11.9 Å². The highest BCUT2D eigenvalue weighted by atomic mass is 19.1. The molecule has 0 bridgehead atoms. The molecular weight excluding hydrogens is 379 g/mol. The average molecular weight is 411 g/mol. The van der Waals surface area contributed by atoms with E-state index in [4.69, 9.17) is 0 Å². The first-order valence-electron chi connectivity index (χ1n) is 11.0. The standard InChI is InChI=1S/C25H31FN2O2/c1-2-10-24(29)28(18-20-13-6-9-16-22(20)26)23(17-19-11-4-3-5-12-19)25(30)27-21-14-7-8-15-21/h3-6,9,11-13,16,21,23H,2,7-8,10,14-15,17-18H2,1H3,(H,27,30)/t23-/m1/s1. The number of carbonyl (C=O) groups is 2. The Morgan fingerprint density at radius 1 is 1.07 bits per heavy atom. The second-order valence-corrected chi connectivity index (χ2v) is 8.06. The summed E-state index contributed by atoms with van der Waals surface area (Å²) in [4.78, 5) is 28.0. The van der Waals surface area contributed by atoms with Crippen molar-refractivity contribution in [3.05, 3.63) is 71.5 Å². The van der Waals surface area contributed by atoms with Crippen molar-refractivity contribution in [2.45, 2.75) is 70.5 Å². The van der Waals surface area contributed by atoms with Crippen molar-refractivity contribution in [3.8, 4) is 0 Å². The van der Waals surface area contributed by atoms with E-state index < -0.39 is 6.04 Å². The Labute approximate surface area is 178 Å². The van der Waals surface area contributed by atoms with Gasteiger partial charge < -0.3 is 10.2 Å². The molecule has 0 radical (unpaired) electrons. The van der Waals surface area contributed by atoms with Crippen LogP contribution in [0.25, 0.3) is 0 Å². The smallest absolute Gasteiger partial charge is 0.243 e. The molecule has 1 aliphatic rings. The predicted octanol–water partition coefficient (Wildman–Crippen LogP) is 4.62. The SMILES string of the molecule is CCCC(=O)N(Cc1ccccc1F)[C@H](Cc1ccccc1)C(=O)NC1CCCC1. The second-order valence-electron chi connectivity index (χ2n) is 8.06. The first kappa shape index (κ1) is 22.0. The monoisotopic (exact) mass is 410 g/mol. The van der Waals surface area contributed by atoms with Crippen molar-refractivity contribution in [1.29, 1.82) is 0 Å². The Bertz CT molecular complexity index is 834. The quantitative estimate of drug-likeness (QED) is 0.656. The van der Waals surface area contributed by atoms with Crippen LogP contribution in [0, 0.1) is 5.82 Å². The number of nitrogens with zero attached hydrogens (tertiary/aromatic N) is 1. The highest BCUT2D eigenvalue weighted by molar-refractivity contribution is 5.88. The minimum absolute atomic E-state index is 0.0844. The first-order valence-corrected chi connectivity index (χ1v) is 11.0. The van der Waals surface area contributed by atoms with Gasteiger partial charge in [0, 0.05) is 31.0 Å². The zero-order valence-corrected chi connectivity index (χ0v) is 17.6. The van der Waals surface area contributed by atoms with Crippen LogP contribution in [-0.4, -0.2) is 28.8 Å². The molecule has 1 atom stereocenters. The van der Waals surface area contributed by atoms with E-state index in [0.717, 1.165) is 31.2 Å².